The fourth-order valence-corrected chi connectivity index (χ4v) is 1.99. The minimum Gasteiger partial charge on any atom is -0.842 e. The van der Waals surface area contributed by atoms with Crippen molar-refractivity contribution in [2.75, 3.05) is 0 Å². The summed E-state index contributed by atoms with van der Waals surface area (Å²) in [6.45, 7) is 0. The van der Waals surface area contributed by atoms with Crippen LogP contribution in [0.3, 0.4) is 0 Å². The molecule has 0 unspecified atom stereocenters. The van der Waals surface area contributed by atoms with Crippen molar-refractivity contribution >= 4 is 5.65 Å². The van der Waals surface area contributed by atoms with Crippen molar-refractivity contribution in [1.29, 1.82) is 0 Å². The number of benzene rings is 1. The van der Waals surface area contributed by atoms with Crippen molar-refractivity contribution in [3.8, 4) is 11.6 Å². The van der Waals surface area contributed by atoms with Gasteiger partial charge in [-0.15, -0.1) is 0 Å². The van der Waals surface area contributed by atoms with Crippen LogP contribution in [0.4, 0.5) is 0 Å². The van der Waals surface area contributed by atoms with Gasteiger partial charge in [0.1, 0.15) is 5.69 Å². The highest BCUT2D eigenvalue weighted by Gasteiger charge is 2.13. The van der Waals surface area contributed by atoms with Crippen molar-refractivity contribution in [1.82, 2.24) is 4.57 Å². The smallest absolute Gasteiger partial charge is 0.342 e. The standard InChI is InChI=1S/C14H10N2O2/c17-13-10-14(18)16(11-6-2-1-3-7-11)12-8-4-5-9-15(12)13/h1-10H. The Hall–Kier alpha value is -2.62. The summed E-state index contributed by atoms with van der Waals surface area (Å²) in [5.74, 6) is -0.317. The molecule has 0 atom stereocenters. The summed E-state index contributed by atoms with van der Waals surface area (Å²) in [7, 11) is 0. The van der Waals surface area contributed by atoms with Gasteiger partial charge in [0.05, 0.1) is 18.1 Å². The number of para-hydroxylation sites is 1. The Morgan fingerprint density at radius 1 is 1.00 bits per heavy atom. The van der Waals surface area contributed by atoms with E-state index in [-0.39, 0.29) is 11.4 Å². The van der Waals surface area contributed by atoms with Gasteiger partial charge in [-0.05, 0) is 18.2 Å². The second-order valence-electron chi connectivity index (χ2n) is 3.92. The Balaban J connectivity index is 2.46. The van der Waals surface area contributed by atoms with Crippen LogP contribution in [0.1, 0.15) is 0 Å². The molecule has 0 saturated heterocycles. The lowest BCUT2D eigenvalue weighted by molar-refractivity contribution is -0.588. The summed E-state index contributed by atoms with van der Waals surface area (Å²) in [6.07, 6.45) is 1.65. The molecule has 0 bridgehead atoms. The molecule has 1 aromatic carbocycles. The molecule has 2 heterocycles. The third-order valence-corrected chi connectivity index (χ3v) is 2.79. The van der Waals surface area contributed by atoms with E-state index in [1.54, 1.807) is 24.4 Å². The topological polar surface area (TPSA) is 49.2 Å². The fourth-order valence-electron chi connectivity index (χ4n) is 1.99. The zero-order valence-corrected chi connectivity index (χ0v) is 9.48. The van der Waals surface area contributed by atoms with Gasteiger partial charge in [-0.1, -0.05) is 24.3 Å². The molecule has 4 heteroatoms. The molecule has 0 radical (unpaired) electrons. The van der Waals surface area contributed by atoms with Crippen molar-refractivity contribution < 1.29 is 9.51 Å². The Morgan fingerprint density at radius 3 is 2.50 bits per heavy atom. The van der Waals surface area contributed by atoms with E-state index in [1.165, 1.54) is 8.97 Å². The first-order valence-electron chi connectivity index (χ1n) is 5.56. The Morgan fingerprint density at radius 2 is 1.72 bits per heavy atom. The number of hydrogen-bond acceptors (Lipinski definition) is 2. The van der Waals surface area contributed by atoms with Crippen LogP contribution < -0.4 is 15.1 Å². The number of rotatable bonds is 1. The van der Waals surface area contributed by atoms with Gasteiger partial charge in [0.25, 0.3) is 5.65 Å². The molecule has 4 nitrogen and oxygen atoms in total. The quantitative estimate of drug-likeness (QED) is 0.584. The Labute approximate surface area is 103 Å². The van der Waals surface area contributed by atoms with Crippen molar-refractivity contribution in [2.45, 2.75) is 0 Å². The lowest BCUT2D eigenvalue weighted by Crippen LogP contribution is -2.35. The van der Waals surface area contributed by atoms with Crippen LogP contribution in [0.2, 0.25) is 0 Å². The predicted octanol–water partition coefficient (Wildman–Crippen LogP) is 0.650. The molecule has 0 saturated carbocycles. The van der Waals surface area contributed by atoms with Crippen LogP contribution in [-0.4, -0.2) is 4.57 Å². The van der Waals surface area contributed by atoms with E-state index < -0.39 is 0 Å². The number of nitrogens with zero attached hydrogens (tertiary/aromatic N) is 2. The molecule has 3 aromatic rings. The third-order valence-electron chi connectivity index (χ3n) is 2.79. The maximum atomic E-state index is 12.0. The van der Waals surface area contributed by atoms with E-state index >= 15 is 0 Å². The first-order chi connectivity index (χ1) is 8.77. The molecule has 2 aromatic heterocycles. The molecule has 0 fully saturated rings. The van der Waals surface area contributed by atoms with Gasteiger partial charge in [0, 0.05) is 6.07 Å². The molecule has 0 amide bonds. The summed E-state index contributed by atoms with van der Waals surface area (Å²) < 4.78 is 2.97. The van der Waals surface area contributed by atoms with Crippen LogP contribution >= 0.6 is 0 Å². The molecular formula is C14H10N2O2. The summed E-state index contributed by atoms with van der Waals surface area (Å²) in [6, 6.07) is 15.7. The van der Waals surface area contributed by atoms with E-state index in [0.29, 0.717) is 5.65 Å². The maximum Gasteiger partial charge on any atom is 0.342 e. The molecule has 88 valence electrons. The molecule has 0 aliphatic heterocycles. The highest BCUT2D eigenvalue weighted by molar-refractivity contribution is 5.43. The first kappa shape index (κ1) is 10.5. The fraction of sp³-hybridized carbons (Fsp3) is 0. The summed E-state index contributed by atoms with van der Waals surface area (Å²) in [4.78, 5) is 12.0. The lowest BCUT2D eigenvalue weighted by Gasteiger charge is -2.08. The molecule has 3 rings (SSSR count). The predicted molar refractivity (Wildman–Crippen MR) is 64.6 cm³/mol. The van der Waals surface area contributed by atoms with Crippen LogP contribution in [-0.2, 0) is 0 Å². The number of pyridine rings is 1. The SMILES string of the molecule is O=c1cc([O-])[n+]2ccccc2n1-c1ccccc1. The zero-order chi connectivity index (χ0) is 12.5. The molecule has 0 spiro atoms. The van der Waals surface area contributed by atoms with Crippen LogP contribution in [0, 0.1) is 0 Å². The first-order valence-corrected chi connectivity index (χ1v) is 5.56. The van der Waals surface area contributed by atoms with Crippen LogP contribution in [0.25, 0.3) is 11.3 Å². The van der Waals surface area contributed by atoms with E-state index in [1.807, 2.05) is 30.3 Å². The van der Waals surface area contributed by atoms with Gasteiger partial charge in [-0.3, -0.25) is 0 Å². The van der Waals surface area contributed by atoms with Gasteiger partial charge in [-0.25, -0.2) is 9.20 Å². The van der Waals surface area contributed by atoms with Crippen LogP contribution in [0.5, 0.6) is 5.88 Å². The second-order valence-corrected chi connectivity index (χ2v) is 3.92. The molecule has 0 N–H and O–H groups in total. The summed E-state index contributed by atoms with van der Waals surface area (Å²) in [5.41, 5.74) is 0.977. The number of fused-ring (bicyclic) bond motifs is 1. The Kier molecular flexibility index (Phi) is 2.34. The van der Waals surface area contributed by atoms with E-state index in [9.17, 15) is 9.90 Å². The lowest BCUT2D eigenvalue weighted by atomic mass is 10.3. The minimum absolute atomic E-state index is 0.317. The normalized spacial score (nSPS) is 10.7. The minimum atomic E-state index is -0.322. The average Bonchev–Trinajstić information content (AvgIpc) is 2.40. The highest BCUT2D eigenvalue weighted by Crippen LogP contribution is 2.08. The van der Waals surface area contributed by atoms with Gasteiger partial charge >= 0.3 is 5.56 Å². The van der Waals surface area contributed by atoms with Crippen LogP contribution in [0.15, 0.2) is 65.6 Å². The zero-order valence-electron chi connectivity index (χ0n) is 9.48. The molecular weight excluding hydrogens is 228 g/mol. The van der Waals surface area contributed by atoms with E-state index in [0.717, 1.165) is 11.8 Å². The van der Waals surface area contributed by atoms with E-state index in [2.05, 4.69) is 0 Å². The van der Waals surface area contributed by atoms with E-state index in [4.69, 9.17) is 0 Å². The molecule has 18 heavy (non-hydrogen) atoms. The second kappa shape index (κ2) is 4.00. The maximum absolute atomic E-state index is 12.0. The largest absolute Gasteiger partial charge is 0.842 e. The number of aromatic nitrogens is 2. The molecule has 0 aliphatic rings. The summed E-state index contributed by atoms with van der Waals surface area (Å²) >= 11 is 0. The highest BCUT2D eigenvalue weighted by atomic mass is 16.3. The van der Waals surface area contributed by atoms with Gasteiger partial charge in [0.2, 0.25) is 0 Å². The van der Waals surface area contributed by atoms with Crippen molar-refractivity contribution in [2.24, 2.45) is 0 Å². The summed E-state index contributed by atoms with van der Waals surface area (Å²) in [5, 5.41) is 11.7. The third kappa shape index (κ3) is 1.55. The van der Waals surface area contributed by atoms with Gasteiger partial charge in [0.15, 0.2) is 0 Å². The van der Waals surface area contributed by atoms with Crippen molar-refractivity contribution in [3.05, 3.63) is 71.1 Å². The number of hydrogen-bond donors (Lipinski definition) is 0. The molecule has 0 aliphatic carbocycles. The van der Waals surface area contributed by atoms with Crippen molar-refractivity contribution in [3.63, 3.8) is 0 Å². The van der Waals surface area contributed by atoms with Gasteiger partial charge in [-0.2, -0.15) is 4.57 Å². The Bertz CT molecular complexity index is 764. The van der Waals surface area contributed by atoms with Gasteiger partial charge < -0.3 is 5.11 Å². The monoisotopic (exact) mass is 238 g/mol. The average molecular weight is 238 g/mol.